The monoisotopic (exact) mass is 401 g/mol. The van der Waals surface area contributed by atoms with Crippen molar-refractivity contribution in [2.24, 2.45) is 10.9 Å². The molecule has 2 aromatic carbocycles. The maximum atomic E-state index is 11.4. The van der Waals surface area contributed by atoms with E-state index in [2.05, 4.69) is 22.1 Å². The van der Waals surface area contributed by atoms with Crippen molar-refractivity contribution in [3.63, 3.8) is 0 Å². The highest BCUT2D eigenvalue weighted by Crippen LogP contribution is 2.30. The van der Waals surface area contributed by atoms with Crippen LogP contribution in [0.3, 0.4) is 0 Å². The van der Waals surface area contributed by atoms with Crippen LogP contribution in [0.1, 0.15) is 65.7 Å². The highest BCUT2D eigenvalue weighted by atomic mass is 16.4. The first kappa shape index (κ1) is 20.2. The lowest BCUT2D eigenvalue weighted by Gasteiger charge is -2.22. The van der Waals surface area contributed by atoms with E-state index >= 15 is 0 Å². The highest BCUT2D eigenvalue weighted by molar-refractivity contribution is 6.04. The van der Waals surface area contributed by atoms with Crippen LogP contribution in [0.5, 0.6) is 0 Å². The van der Waals surface area contributed by atoms with Gasteiger partial charge in [0.2, 0.25) is 0 Å². The molecule has 5 heteroatoms. The van der Waals surface area contributed by atoms with Gasteiger partial charge in [0.1, 0.15) is 0 Å². The molecule has 1 aliphatic carbocycles. The normalized spacial score (nSPS) is 15.5. The Bertz CT molecular complexity index is 1110. The summed E-state index contributed by atoms with van der Waals surface area (Å²) in [5, 5.41) is 9.39. The number of fused-ring (bicyclic) bond motifs is 1. The Morgan fingerprint density at radius 3 is 2.57 bits per heavy atom. The fourth-order valence-corrected chi connectivity index (χ4v) is 4.18. The molecule has 0 bridgehead atoms. The van der Waals surface area contributed by atoms with Crippen molar-refractivity contribution in [1.82, 2.24) is 9.97 Å². The van der Waals surface area contributed by atoms with Gasteiger partial charge in [-0.1, -0.05) is 44.2 Å². The summed E-state index contributed by atoms with van der Waals surface area (Å²) in [4.78, 5) is 25.5. The third-order valence-electron chi connectivity index (χ3n) is 5.91. The number of aryl methyl sites for hydroxylation is 2. The van der Waals surface area contributed by atoms with Crippen LogP contribution in [-0.2, 0) is 0 Å². The molecular weight excluding hydrogens is 374 g/mol. The number of nitrogens with zero attached hydrogens (tertiary/aromatic N) is 3. The SMILES string of the molecule is Cc1cnc2cc(C(CC3CCCCC3)=Nc3cc(C(=O)O)ccc3C)ccc2n1. The van der Waals surface area contributed by atoms with E-state index in [0.717, 1.165) is 45.7 Å². The smallest absolute Gasteiger partial charge is 0.335 e. The van der Waals surface area contributed by atoms with Crippen molar-refractivity contribution >= 4 is 28.4 Å². The molecule has 3 aromatic rings. The largest absolute Gasteiger partial charge is 0.478 e. The number of aliphatic imine (C=N–C) groups is 1. The first-order valence-corrected chi connectivity index (χ1v) is 10.6. The standard InChI is InChI=1S/C25H27N3O2/c1-16-8-9-20(25(29)30)14-22(16)28-23(12-18-6-4-3-5-7-18)19-10-11-21-24(13-19)26-15-17(2)27-21/h8-11,13-15,18H,3-7,12H2,1-2H3,(H,29,30). The van der Waals surface area contributed by atoms with E-state index in [1.807, 2.05) is 26.0 Å². The molecule has 0 aliphatic heterocycles. The van der Waals surface area contributed by atoms with Crippen molar-refractivity contribution in [1.29, 1.82) is 0 Å². The molecule has 1 aromatic heterocycles. The molecular formula is C25H27N3O2. The second-order valence-corrected chi connectivity index (χ2v) is 8.29. The second-order valence-electron chi connectivity index (χ2n) is 8.29. The predicted octanol–water partition coefficient (Wildman–Crippen LogP) is 6.04. The minimum absolute atomic E-state index is 0.260. The third-order valence-corrected chi connectivity index (χ3v) is 5.91. The molecule has 30 heavy (non-hydrogen) atoms. The number of benzene rings is 2. The van der Waals surface area contributed by atoms with Gasteiger partial charge < -0.3 is 5.11 Å². The molecule has 1 N–H and O–H groups in total. The van der Waals surface area contributed by atoms with Gasteiger partial charge in [-0.3, -0.25) is 9.98 Å². The van der Waals surface area contributed by atoms with Gasteiger partial charge in [0, 0.05) is 11.9 Å². The predicted molar refractivity (Wildman–Crippen MR) is 120 cm³/mol. The average molecular weight is 402 g/mol. The summed E-state index contributed by atoms with van der Waals surface area (Å²) in [7, 11) is 0. The molecule has 0 atom stereocenters. The molecule has 1 heterocycles. The number of carboxylic acids is 1. The van der Waals surface area contributed by atoms with E-state index in [4.69, 9.17) is 4.99 Å². The van der Waals surface area contributed by atoms with Crippen molar-refractivity contribution < 1.29 is 9.90 Å². The van der Waals surface area contributed by atoms with Crippen molar-refractivity contribution in [2.45, 2.75) is 52.4 Å². The minimum Gasteiger partial charge on any atom is -0.478 e. The molecule has 1 fully saturated rings. The maximum Gasteiger partial charge on any atom is 0.335 e. The van der Waals surface area contributed by atoms with Gasteiger partial charge in [-0.05, 0) is 61.6 Å². The van der Waals surface area contributed by atoms with Gasteiger partial charge in [0.25, 0.3) is 0 Å². The Morgan fingerprint density at radius 2 is 1.80 bits per heavy atom. The first-order chi connectivity index (χ1) is 14.5. The van der Waals surface area contributed by atoms with Crippen LogP contribution < -0.4 is 0 Å². The molecule has 1 aliphatic rings. The van der Waals surface area contributed by atoms with Crippen LogP contribution in [0, 0.1) is 19.8 Å². The Kier molecular flexibility index (Phi) is 5.88. The van der Waals surface area contributed by atoms with Crippen LogP contribution in [0.2, 0.25) is 0 Å². The second kappa shape index (κ2) is 8.74. The van der Waals surface area contributed by atoms with Gasteiger partial charge in [-0.2, -0.15) is 0 Å². The van der Waals surface area contributed by atoms with Gasteiger partial charge in [0.05, 0.1) is 28.0 Å². The number of hydrogen-bond donors (Lipinski definition) is 1. The van der Waals surface area contributed by atoms with E-state index in [0.29, 0.717) is 5.92 Å². The van der Waals surface area contributed by atoms with Crippen LogP contribution in [0.25, 0.3) is 11.0 Å². The van der Waals surface area contributed by atoms with Crippen molar-refractivity contribution in [3.05, 3.63) is 65.0 Å². The van der Waals surface area contributed by atoms with Crippen molar-refractivity contribution in [2.75, 3.05) is 0 Å². The highest BCUT2D eigenvalue weighted by Gasteiger charge is 2.18. The van der Waals surface area contributed by atoms with Crippen LogP contribution in [0.4, 0.5) is 5.69 Å². The zero-order chi connectivity index (χ0) is 21.1. The molecule has 5 nitrogen and oxygen atoms in total. The lowest BCUT2D eigenvalue weighted by Crippen LogP contribution is -2.13. The van der Waals surface area contributed by atoms with Crippen LogP contribution >= 0.6 is 0 Å². The third kappa shape index (κ3) is 4.56. The summed E-state index contributed by atoms with van der Waals surface area (Å²) in [5.74, 6) is -0.322. The fourth-order valence-electron chi connectivity index (χ4n) is 4.18. The topological polar surface area (TPSA) is 75.4 Å². The molecule has 0 unspecified atom stereocenters. The number of carboxylic acid groups (broad SMARTS) is 1. The lowest BCUT2D eigenvalue weighted by molar-refractivity contribution is 0.0697. The molecule has 154 valence electrons. The molecule has 0 spiro atoms. The minimum atomic E-state index is -0.934. The fraction of sp³-hybridized carbons (Fsp3) is 0.360. The summed E-state index contributed by atoms with van der Waals surface area (Å²) < 4.78 is 0. The molecule has 0 saturated heterocycles. The lowest BCUT2D eigenvalue weighted by atomic mass is 9.84. The Morgan fingerprint density at radius 1 is 1.03 bits per heavy atom. The Balaban J connectivity index is 1.78. The Labute approximate surface area is 176 Å². The zero-order valence-corrected chi connectivity index (χ0v) is 17.6. The molecule has 1 saturated carbocycles. The molecule has 0 amide bonds. The summed E-state index contributed by atoms with van der Waals surface area (Å²) in [6.07, 6.45) is 8.97. The van der Waals surface area contributed by atoms with Gasteiger partial charge in [-0.15, -0.1) is 0 Å². The average Bonchev–Trinajstić information content (AvgIpc) is 2.75. The number of aromatic nitrogens is 2. The van der Waals surface area contributed by atoms with Gasteiger partial charge in [0.15, 0.2) is 0 Å². The maximum absolute atomic E-state index is 11.4. The van der Waals surface area contributed by atoms with E-state index in [1.165, 1.54) is 32.1 Å². The first-order valence-electron chi connectivity index (χ1n) is 10.6. The van der Waals surface area contributed by atoms with E-state index in [1.54, 1.807) is 18.3 Å². The van der Waals surface area contributed by atoms with E-state index in [-0.39, 0.29) is 5.56 Å². The summed E-state index contributed by atoms with van der Waals surface area (Å²) in [6, 6.07) is 11.2. The quantitative estimate of drug-likeness (QED) is 0.529. The number of hydrogen-bond acceptors (Lipinski definition) is 4. The van der Waals surface area contributed by atoms with E-state index < -0.39 is 5.97 Å². The summed E-state index contributed by atoms with van der Waals surface area (Å²) in [6.45, 7) is 3.91. The van der Waals surface area contributed by atoms with Gasteiger partial charge in [-0.25, -0.2) is 9.78 Å². The Hall–Kier alpha value is -3.08. The van der Waals surface area contributed by atoms with Crippen LogP contribution in [-0.4, -0.2) is 26.8 Å². The van der Waals surface area contributed by atoms with Gasteiger partial charge >= 0.3 is 5.97 Å². The summed E-state index contributed by atoms with van der Waals surface area (Å²) >= 11 is 0. The molecule has 4 rings (SSSR count). The summed E-state index contributed by atoms with van der Waals surface area (Å²) in [5.41, 5.74) is 6.60. The van der Waals surface area contributed by atoms with E-state index in [9.17, 15) is 9.90 Å². The molecule has 0 radical (unpaired) electrons. The number of aromatic carboxylic acids is 1. The van der Waals surface area contributed by atoms with Crippen molar-refractivity contribution in [3.8, 4) is 0 Å². The number of rotatable bonds is 5. The van der Waals surface area contributed by atoms with Crippen LogP contribution in [0.15, 0.2) is 47.6 Å². The zero-order valence-electron chi connectivity index (χ0n) is 17.6. The number of carbonyl (C=O) groups is 1.